The number of fused-ring (bicyclic) bond motifs is 8. The molecule has 0 aliphatic carbocycles. The lowest BCUT2D eigenvalue weighted by Gasteiger charge is -2.34. The maximum absolute atomic E-state index is 5.36. The van der Waals surface area contributed by atoms with E-state index in [-0.39, 0.29) is 0 Å². The van der Waals surface area contributed by atoms with Crippen molar-refractivity contribution in [2.75, 3.05) is 4.90 Å². The third kappa shape index (κ3) is 5.83. The third-order valence-corrected chi connectivity index (χ3v) is 13.8. The summed E-state index contributed by atoms with van der Waals surface area (Å²) in [5.41, 5.74) is 19.1. The summed E-state index contributed by atoms with van der Waals surface area (Å²) in [5, 5.41) is 7.34. The first-order valence-electron chi connectivity index (χ1n) is 23.0. The monoisotopic (exact) mass is 852 g/mol. The number of aromatic nitrogens is 3. The van der Waals surface area contributed by atoms with Crippen LogP contribution in [0.2, 0.25) is 0 Å². The Morgan fingerprint density at radius 2 is 0.851 bits per heavy atom. The molecular formula is C63H40N4. The summed E-state index contributed by atoms with van der Waals surface area (Å²) < 4.78 is 4.85. The Bertz CT molecular complexity index is 3970. The SMILES string of the molecule is c1ccc(-c2cc(-c3ccccc3)nc(-c3ccc4c(c3)c3cc5c(cc3n4-c3ccccc3)N(c3cccc(-n4c6ccccc6c6ccccc64)c3)c3cccc4cccc-5c34)c2)cc1. The molecule has 0 atom stereocenters. The molecule has 312 valence electrons. The van der Waals surface area contributed by atoms with Gasteiger partial charge in [0.2, 0.25) is 0 Å². The van der Waals surface area contributed by atoms with Crippen LogP contribution in [-0.4, -0.2) is 14.1 Å². The molecule has 10 aromatic carbocycles. The van der Waals surface area contributed by atoms with Crippen LogP contribution >= 0.6 is 0 Å². The number of pyridine rings is 1. The van der Waals surface area contributed by atoms with Gasteiger partial charge in [0.1, 0.15) is 0 Å². The predicted octanol–water partition coefficient (Wildman–Crippen LogP) is 16.9. The van der Waals surface area contributed by atoms with Crippen LogP contribution in [0.15, 0.2) is 243 Å². The fourth-order valence-corrected chi connectivity index (χ4v) is 10.8. The first kappa shape index (κ1) is 37.4. The number of nitrogens with zero attached hydrogens (tertiary/aromatic N) is 4. The highest BCUT2D eigenvalue weighted by molar-refractivity contribution is 6.19. The van der Waals surface area contributed by atoms with Crippen molar-refractivity contribution in [2.24, 2.45) is 0 Å². The molecule has 67 heavy (non-hydrogen) atoms. The van der Waals surface area contributed by atoms with E-state index in [1.165, 1.54) is 60.2 Å². The average Bonchev–Trinajstić information content (AvgIpc) is 3.91. The Kier molecular flexibility index (Phi) is 8.25. The van der Waals surface area contributed by atoms with Crippen LogP contribution in [0.1, 0.15) is 0 Å². The van der Waals surface area contributed by atoms with Gasteiger partial charge in [-0.05, 0) is 107 Å². The Hall–Kier alpha value is -8.99. The molecular weight excluding hydrogens is 813 g/mol. The van der Waals surface area contributed by atoms with Gasteiger partial charge < -0.3 is 14.0 Å². The first-order chi connectivity index (χ1) is 33.2. The molecule has 0 bridgehead atoms. The molecule has 4 heteroatoms. The van der Waals surface area contributed by atoms with Gasteiger partial charge in [0.05, 0.1) is 44.8 Å². The average molecular weight is 853 g/mol. The largest absolute Gasteiger partial charge is 0.309 e. The molecule has 3 aromatic heterocycles. The number of anilines is 3. The summed E-state index contributed by atoms with van der Waals surface area (Å²) >= 11 is 0. The zero-order valence-electron chi connectivity index (χ0n) is 36.4. The van der Waals surface area contributed by atoms with Gasteiger partial charge in [0.15, 0.2) is 0 Å². The normalized spacial score (nSPS) is 12.1. The van der Waals surface area contributed by atoms with E-state index < -0.39 is 0 Å². The van der Waals surface area contributed by atoms with E-state index in [1.54, 1.807) is 0 Å². The number of hydrogen-bond acceptors (Lipinski definition) is 2. The van der Waals surface area contributed by atoms with Crippen LogP contribution in [-0.2, 0) is 0 Å². The lowest BCUT2D eigenvalue weighted by atomic mass is 9.89. The number of benzene rings is 10. The lowest BCUT2D eigenvalue weighted by Crippen LogP contribution is -2.15. The van der Waals surface area contributed by atoms with E-state index >= 15 is 0 Å². The van der Waals surface area contributed by atoms with Gasteiger partial charge in [-0.15, -0.1) is 0 Å². The van der Waals surface area contributed by atoms with Gasteiger partial charge in [0.25, 0.3) is 0 Å². The summed E-state index contributed by atoms with van der Waals surface area (Å²) in [7, 11) is 0. The highest BCUT2D eigenvalue weighted by atomic mass is 15.2. The maximum atomic E-state index is 5.36. The fourth-order valence-electron chi connectivity index (χ4n) is 10.8. The highest BCUT2D eigenvalue weighted by Gasteiger charge is 2.29. The minimum atomic E-state index is 0.939. The molecule has 1 aliphatic rings. The smallest absolute Gasteiger partial charge is 0.0715 e. The van der Waals surface area contributed by atoms with Crippen molar-refractivity contribution in [2.45, 2.75) is 0 Å². The summed E-state index contributed by atoms with van der Waals surface area (Å²) in [4.78, 5) is 7.85. The van der Waals surface area contributed by atoms with E-state index in [1.807, 2.05) is 0 Å². The zero-order valence-corrected chi connectivity index (χ0v) is 36.4. The Labute approximate surface area is 387 Å². The topological polar surface area (TPSA) is 26.0 Å². The van der Waals surface area contributed by atoms with Crippen molar-refractivity contribution < 1.29 is 0 Å². The second kappa shape index (κ2) is 14.8. The lowest BCUT2D eigenvalue weighted by molar-refractivity contribution is 1.17. The molecule has 0 fully saturated rings. The van der Waals surface area contributed by atoms with E-state index in [0.29, 0.717) is 0 Å². The molecule has 0 saturated heterocycles. The summed E-state index contributed by atoms with van der Waals surface area (Å²) in [6, 6.07) is 88.2. The van der Waals surface area contributed by atoms with E-state index in [4.69, 9.17) is 4.98 Å². The molecule has 0 spiro atoms. The third-order valence-electron chi connectivity index (χ3n) is 13.8. The second-order valence-corrected chi connectivity index (χ2v) is 17.6. The zero-order chi connectivity index (χ0) is 44.0. The van der Waals surface area contributed by atoms with Crippen molar-refractivity contribution in [1.29, 1.82) is 0 Å². The number of hydrogen-bond donors (Lipinski definition) is 0. The fraction of sp³-hybridized carbons (Fsp3) is 0. The molecule has 0 N–H and O–H groups in total. The van der Waals surface area contributed by atoms with E-state index in [0.717, 1.165) is 67.4 Å². The first-order valence-corrected chi connectivity index (χ1v) is 23.0. The van der Waals surface area contributed by atoms with Crippen LogP contribution in [0, 0.1) is 0 Å². The molecule has 14 rings (SSSR count). The van der Waals surface area contributed by atoms with Gasteiger partial charge in [-0.25, -0.2) is 4.98 Å². The minimum absolute atomic E-state index is 0.939. The molecule has 13 aromatic rings. The molecule has 4 nitrogen and oxygen atoms in total. The Morgan fingerprint density at radius 1 is 0.284 bits per heavy atom. The van der Waals surface area contributed by atoms with Gasteiger partial charge in [0, 0.05) is 60.7 Å². The number of para-hydroxylation sites is 3. The molecule has 0 unspecified atom stereocenters. The van der Waals surface area contributed by atoms with Gasteiger partial charge in [-0.2, -0.15) is 0 Å². The van der Waals surface area contributed by atoms with E-state index in [9.17, 15) is 0 Å². The minimum Gasteiger partial charge on any atom is -0.309 e. The van der Waals surface area contributed by atoms with Crippen LogP contribution in [0.3, 0.4) is 0 Å². The maximum Gasteiger partial charge on any atom is 0.0715 e. The van der Waals surface area contributed by atoms with Crippen molar-refractivity contribution in [3.8, 4) is 56.1 Å². The summed E-state index contributed by atoms with van der Waals surface area (Å²) in [6.45, 7) is 0. The van der Waals surface area contributed by atoms with Crippen LogP contribution < -0.4 is 4.90 Å². The molecule has 0 radical (unpaired) electrons. The van der Waals surface area contributed by atoms with Crippen molar-refractivity contribution in [1.82, 2.24) is 14.1 Å². The van der Waals surface area contributed by atoms with Crippen molar-refractivity contribution in [3.05, 3.63) is 243 Å². The number of rotatable bonds is 6. The van der Waals surface area contributed by atoms with Crippen LogP contribution in [0.5, 0.6) is 0 Å². The van der Waals surface area contributed by atoms with Crippen LogP contribution in [0.25, 0.3) is 111 Å². The van der Waals surface area contributed by atoms with Crippen molar-refractivity contribution >= 4 is 71.4 Å². The quantitative estimate of drug-likeness (QED) is 0.167. The van der Waals surface area contributed by atoms with Crippen molar-refractivity contribution in [3.63, 3.8) is 0 Å². The van der Waals surface area contributed by atoms with E-state index in [2.05, 4.69) is 257 Å². The van der Waals surface area contributed by atoms with Gasteiger partial charge in [-0.3, -0.25) is 0 Å². The Balaban J connectivity index is 1.02. The predicted molar refractivity (Wildman–Crippen MR) is 280 cm³/mol. The summed E-state index contributed by atoms with van der Waals surface area (Å²) in [6.07, 6.45) is 0. The summed E-state index contributed by atoms with van der Waals surface area (Å²) in [5.74, 6) is 0. The molecule has 4 heterocycles. The highest BCUT2D eigenvalue weighted by Crippen LogP contribution is 2.53. The molecule has 0 saturated carbocycles. The standard InChI is InChI=1S/C63H40N4/c1-4-17-41(18-5-1)45-36-55(42-19-6-2-7-20-42)64-56(37-45)44-33-34-59-52(35-44)54-39-53-51-29-14-21-43-22-15-32-60(63(43)51)67(61(53)40-62(54)65(59)46-23-8-3-9-24-46)48-26-16-25-47(38-48)66-57-30-12-10-27-49(57)50-28-11-13-31-58(50)66/h1-40H. The Morgan fingerprint density at radius 3 is 1.60 bits per heavy atom. The molecule has 1 aliphatic heterocycles. The second-order valence-electron chi connectivity index (χ2n) is 17.6. The van der Waals surface area contributed by atoms with Crippen LogP contribution in [0.4, 0.5) is 17.1 Å². The van der Waals surface area contributed by atoms with Gasteiger partial charge >= 0.3 is 0 Å². The van der Waals surface area contributed by atoms with Gasteiger partial charge in [-0.1, -0.05) is 158 Å². The molecule has 0 amide bonds.